The quantitative estimate of drug-likeness (QED) is 0.617. The van der Waals surface area contributed by atoms with Gasteiger partial charge < -0.3 is 10.1 Å². The number of rotatable bonds is 7. The van der Waals surface area contributed by atoms with Crippen molar-refractivity contribution in [1.82, 2.24) is 10.3 Å². The Kier molecular flexibility index (Phi) is 7.20. The number of ether oxygens (including phenoxy) is 1. The van der Waals surface area contributed by atoms with E-state index in [1.54, 1.807) is 7.11 Å². The van der Waals surface area contributed by atoms with Gasteiger partial charge in [-0.2, -0.15) is 5.26 Å². The van der Waals surface area contributed by atoms with E-state index in [1.807, 2.05) is 20.8 Å². The second kappa shape index (κ2) is 8.65. The molecular formula is C15H21N3O2S. The van der Waals surface area contributed by atoms with Crippen LogP contribution >= 0.6 is 11.8 Å². The third kappa shape index (κ3) is 5.03. The lowest BCUT2D eigenvalue weighted by atomic mass is 10.1. The Labute approximate surface area is 130 Å². The van der Waals surface area contributed by atoms with Crippen LogP contribution in [0.25, 0.3) is 0 Å². The van der Waals surface area contributed by atoms with Gasteiger partial charge in [-0.1, -0.05) is 11.8 Å². The summed E-state index contributed by atoms with van der Waals surface area (Å²) in [4.78, 5) is 16.2. The zero-order valence-electron chi connectivity index (χ0n) is 12.9. The second-order valence-corrected chi connectivity index (χ2v) is 5.69. The monoisotopic (exact) mass is 307 g/mol. The van der Waals surface area contributed by atoms with E-state index in [2.05, 4.69) is 16.4 Å². The third-order valence-electron chi connectivity index (χ3n) is 3.26. The number of aromatic nitrogens is 1. The Balaban J connectivity index is 2.64. The summed E-state index contributed by atoms with van der Waals surface area (Å²) in [5.74, 6) is 0.203. The summed E-state index contributed by atoms with van der Waals surface area (Å²) in [6, 6.07) is 2.18. The van der Waals surface area contributed by atoms with E-state index >= 15 is 0 Å². The summed E-state index contributed by atoms with van der Waals surface area (Å²) in [6.07, 6.45) is 0.789. The van der Waals surface area contributed by atoms with Crippen LogP contribution in [0.4, 0.5) is 0 Å². The molecule has 1 heterocycles. The van der Waals surface area contributed by atoms with Gasteiger partial charge in [0.1, 0.15) is 11.1 Å². The maximum Gasteiger partial charge on any atom is 0.230 e. The molecule has 0 fully saturated rings. The molecule has 21 heavy (non-hydrogen) atoms. The summed E-state index contributed by atoms with van der Waals surface area (Å²) >= 11 is 1.30. The number of nitriles is 1. The first-order chi connectivity index (χ1) is 10.0. The molecular weight excluding hydrogens is 286 g/mol. The number of carbonyl (C=O) groups is 1. The van der Waals surface area contributed by atoms with Crippen molar-refractivity contribution in [1.29, 1.82) is 5.26 Å². The van der Waals surface area contributed by atoms with Gasteiger partial charge in [-0.05, 0) is 38.3 Å². The fraction of sp³-hybridized carbons (Fsp3) is 0.533. The first-order valence-corrected chi connectivity index (χ1v) is 7.76. The van der Waals surface area contributed by atoms with E-state index in [0.29, 0.717) is 23.7 Å². The zero-order valence-corrected chi connectivity index (χ0v) is 13.8. The molecule has 6 heteroatoms. The molecule has 114 valence electrons. The highest BCUT2D eigenvalue weighted by Crippen LogP contribution is 2.26. The molecule has 0 aromatic carbocycles. The lowest BCUT2D eigenvalue weighted by Gasteiger charge is -2.11. The Bertz CT molecular complexity index is 553. The Morgan fingerprint density at radius 1 is 1.38 bits per heavy atom. The summed E-state index contributed by atoms with van der Waals surface area (Å²) in [6.45, 7) is 7.01. The number of amides is 1. The molecule has 0 aliphatic carbocycles. The first-order valence-electron chi connectivity index (χ1n) is 6.77. The predicted octanol–water partition coefficient (Wildman–Crippen LogP) is 2.12. The molecule has 0 unspecified atom stereocenters. The van der Waals surface area contributed by atoms with E-state index in [0.717, 1.165) is 23.2 Å². The van der Waals surface area contributed by atoms with Crippen molar-refractivity contribution in [3.63, 3.8) is 0 Å². The number of methoxy groups -OCH3 is 1. The molecule has 0 bridgehead atoms. The van der Waals surface area contributed by atoms with Crippen LogP contribution in [0.15, 0.2) is 5.03 Å². The van der Waals surface area contributed by atoms with Crippen LogP contribution in [0.3, 0.4) is 0 Å². The minimum absolute atomic E-state index is 0.0577. The van der Waals surface area contributed by atoms with Crippen LogP contribution in [0, 0.1) is 32.1 Å². The number of hydrogen-bond donors (Lipinski definition) is 1. The average Bonchev–Trinajstić information content (AvgIpc) is 2.47. The van der Waals surface area contributed by atoms with Crippen molar-refractivity contribution >= 4 is 17.7 Å². The standard InChI is InChI=1S/C15H21N3O2S/c1-10-11(2)13(8-16)15(18-12(10)3)21-9-14(19)17-6-5-7-20-4/h5-7,9H2,1-4H3,(H,17,19). The van der Waals surface area contributed by atoms with Gasteiger partial charge in [-0.15, -0.1) is 0 Å². The minimum atomic E-state index is -0.0577. The van der Waals surface area contributed by atoms with E-state index in [-0.39, 0.29) is 11.7 Å². The third-order valence-corrected chi connectivity index (χ3v) is 4.24. The number of pyridine rings is 1. The molecule has 1 rings (SSSR count). The Morgan fingerprint density at radius 2 is 2.10 bits per heavy atom. The fourth-order valence-electron chi connectivity index (χ4n) is 1.78. The van der Waals surface area contributed by atoms with Gasteiger partial charge in [0.2, 0.25) is 5.91 Å². The zero-order chi connectivity index (χ0) is 15.8. The first kappa shape index (κ1) is 17.5. The topological polar surface area (TPSA) is 75.0 Å². The van der Waals surface area contributed by atoms with Gasteiger partial charge in [0.25, 0.3) is 0 Å². The van der Waals surface area contributed by atoms with Crippen molar-refractivity contribution < 1.29 is 9.53 Å². The molecule has 5 nitrogen and oxygen atoms in total. The molecule has 0 aliphatic rings. The van der Waals surface area contributed by atoms with Crippen molar-refractivity contribution in [2.24, 2.45) is 0 Å². The second-order valence-electron chi connectivity index (χ2n) is 4.72. The molecule has 1 N–H and O–H groups in total. The van der Waals surface area contributed by atoms with Crippen LogP contribution in [-0.2, 0) is 9.53 Å². The van der Waals surface area contributed by atoms with E-state index < -0.39 is 0 Å². The smallest absolute Gasteiger partial charge is 0.230 e. The summed E-state index contributed by atoms with van der Waals surface area (Å²) < 4.78 is 4.92. The van der Waals surface area contributed by atoms with E-state index in [4.69, 9.17) is 4.74 Å². The van der Waals surface area contributed by atoms with Crippen molar-refractivity contribution in [2.45, 2.75) is 32.2 Å². The molecule has 0 spiro atoms. The van der Waals surface area contributed by atoms with Gasteiger partial charge in [0, 0.05) is 26.0 Å². The maximum absolute atomic E-state index is 11.7. The number of aryl methyl sites for hydroxylation is 1. The molecule has 0 saturated heterocycles. The SMILES string of the molecule is COCCCNC(=O)CSc1nc(C)c(C)c(C)c1C#N. The van der Waals surface area contributed by atoms with Crippen LogP contribution < -0.4 is 5.32 Å². The summed E-state index contributed by atoms with van der Waals surface area (Å²) in [5, 5.41) is 12.7. The Hall–Kier alpha value is -1.58. The summed E-state index contributed by atoms with van der Waals surface area (Å²) in [7, 11) is 1.63. The van der Waals surface area contributed by atoms with Gasteiger partial charge in [0.15, 0.2) is 0 Å². The normalized spacial score (nSPS) is 10.2. The molecule has 0 aliphatic heterocycles. The van der Waals surface area contributed by atoms with Crippen molar-refractivity contribution in [3.8, 4) is 6.07 Å². The van der Waals surface area contributed by atoms with Gasteiger partial charge in [-0.3, -0.25) is 4.79 Å². The molecule has 1 aromatic heterocycles. The molecule has 1 aromatic rings. The number of nitrogens with one attached hydrogen (secondary N) is 1. The van der Waals surface area contributed by atoms with Gasteiger partial charge in [0.05, 0.1) is 11.3 Å². The number of thioether (sulfide) groups is 1. The van der Waals surface area contributed by atoms with E-state index in [9.17, 15) is 10.1 Å². The molecule has 0 atom stereocenters. The van der Waals surface area contributed by atoms with Crippen LogP contribution in [0.5, 0.6) is 0 Å². The minimum Gasteiger partial charge on any atom is -0.385 e. The maximum atomic E-state index is 11.7. The highest BCUT2D eigenvalue weighted by Gasteiger charge is 2.14. The van der Waals surface area contributed by atoms with Gasteiger partial charge >= 0.3 is 0 Å². The Morgan fingerprint density at radius 3 is 2.71 bits per heavy atom. The van der Waals surface area contributed by atoms with Crippen LogP contribution in [0.1, 0.15) is 28.8 Å². The highest BCUT2D eigenvalue weighted by molar-refractivity contribution is 8.00. The van der Waals surface area contributed by atoms with Crippen molar-refractivity contribution in [3.05, 3.63) is 22.4 Å². The predicted molar refractivity (Wildman–Crippen MR) is 83.4 cm³/mol. The average molecular weight is 307 g/mol. The summed E-state index contributed by atoms with van der Waals surface area (Å²) in [5.41, 5.74) is 3.43. The largest absolute Gasteiger partial charge is 0.385 e. The number of carbonyl (C=O) groups excluding carboxylic acids is 1. The molecule has 0 radical (unpaired) electrons. The fourth-order valence-corrected chi connectivity index (χ4v) is 2.69. The van der Waals surface area contributed by atoms with Crippen molar-refractivity contribution in [2.75, 3.05) is 26.0 Å². The van der Waals surface area contributed by atoms with E-state index in [1.165, 1.54) is 11.8 Å². The van der Waals surface area contributed by atoms with Crippen LogP contribution in [-0.4, -0.2) is 36.9 Å². The lowest BCUT2D eigenvalue weighted by Crippen LogP contribution is -2.26. The highest BCUT2D eigenvalue weighted by atomic mass is 32.2. The van der Waals surface area contributed by atoms with Gasteiger partial charge in [-0.25, -0.2) is 4.98 Å². The van der Waals surface area contributed by atoms with Crippen LogP contribution in [0.2, 0.25) is 0 Å². The molecule has 1 amide bonds. The number of hydrogen-bond acceptors (Lipinski definition) is 5. The molecule has 0 saturated carbocycles. The lowest BCUT2D eigenvalue weighted by molar-refractivity contribution is -0.118. The number of nitrogens with zero attached hydrogens (tertiary/aromatic N) is 2.